The average molecular weight is 476 g/mol. The molecule has 2 amide bonds. The zero-order valence-electron chi connectivity index (χ0n) is 18.9. The molecule has 2 N–H and O–H groups in total. The molecule has 1 aliphatic carbocycles. The number of alkyl carbamates (subject to hydrolysis) is 1. The van der Waals surface area contributed by atoms with Crippen LogP contribution in [-0.2, 0) is 19.1 Å². The molecule has 33 heavy (non-hydrogen) atoms. The number of ketones is 2. The predicted octanol–water partition coefficient (Wildman–Crippen LogP) is 1.79. The number of amides is 2. The summed E-state index contributed by atoms with van der Waals surface area (Å²) in [6.07, 6.45) is 0.549. The van der Waals surface area contributed by atoms with Crippen molar-refractivity contribution in [1.29, 1.82) is 0 Å². The van der Waals surface area contributed by atoms with Crippen molar-refractivity contribution in [3.8, 4) is 0 Å². The monoisotopic (exact) mass is 475 g/mol. The summed E-state index contributed by atoms with van der Waals surface area (Å²) < 4.78 is 10.3. The number of allylic oxidation sites excluding steroid dienone is 1. The standard InChI is InChI=1S/C22H25N3O7S/c1-6-31-19(29)22(25-18(28)11(2)24-20(30)32-21(3,4)5)10-33-17-13(22)16(27)14-12(15(17)26)8-7-9-23-14/h7-9,11H,6,10H2,1-5H3,(H,24,30)(H,25,28)/t11-,22?/m0/s1. The number of nitrogens with one attached hydrogen (secondary N) is 2. The van der Waals surface area contributed by atoms with E-state index in [0.29, 0.717) is 0 Å². The van der Waals surface area contributed by atoms with E-state index in [0.717, 1.165) is 11.8 Å². The van der Waals surface area contributed by atoms with Gasteiger partial charge in [-0.1, -0.05) is 0 Å². The summed E-state index contributed by atoms with van der Waals surface area (Å²) >= 11 is 0.992. The normalized spacial score (nSPS) is 20.5. The van der Waals surface area contributed by atoms with E-state index >= 15 is 0 Å². The molecule has 176 valence electrons. The molecule has 0 aromatic carbocycles. The topological polar surface area (TPSA) is 141 Å². The summed E-state index contributed by atoms with van der Waals surface area (Å²) in [6.45, 7) is 8.01. The fourth-order valence-corrected chi connectivity index (χ4v) is 4.79. The number of hydrogen-bond acceptors (Lipinski definition) is 9. The van der Waals surface area contributed by atoms with E-state index in [-0.39, 0.29) is 34.1 Å². The van der Waals surface area contributed by atoms with Crippen LogP contribution in [0.15, 0.2) is 28.8 Å². The largest absolute Gasteiger partial charge is 0.464 e. The maximum atomic E-state index is 13.3. The van der Waals surface area contributed by atoms with Crippen LogP contribution >= 0.6 is 11.8 Å². The van der Waals surface area contributed by atoms with Gasteiger partial charge < -0.3 is 20.1 Å². The molecule has 1 aromatic rings. The van der Waals surface area contributed by atoms with Gasteiger partial charge in [0.05, 0.1) is 22.6 Å². The van der Waals surface area contributed by atoms with Crippen molar-refractivity contribution >= 4 is 41.3 Å². The van der Waals surface area contributed by atoms with Gasteiger partial charge in [-0.3, -0.25) is 19.4 Å². The highest BCUT2D eigenvalue weighted by molar-refractivity contribution is 8.04. The van der Waals surface area contributed by atoms with Gasteiger partial charge in [-0.05, 0) is 46.8 Å². The second kappa shape index (κ2) is 8.97. The Labute approximate surface area is 194 Å². The number of fused-ring (bicyclic) bond motifs is 1. The highest BCUT2D eigenvalue weighted by atomic mass is 32.2. The Kier molecular flexibility index (Phi) is 6.64. The Balaban J connectivity index is 1.95. The number of thioether (sulfide) groups is 1. The summed E-state index contributed by atoms with van der Waals surface area (Å²) in [5.41, 5.74) is -2.80. The van der Waals surface area contributed by atoms with Gasteiger partial charge in [-0.25, -0.2) is 9.59 Å². The highest BCUT2D eigenvalue weighted by Crippen LogP contribution is 2.45. The van der Waals surface area contributed by atoms with Crippen molar-refractivity contribution in [2.75, 3.05) is 12.4 Å². The van der Waals surface area contributed by atoms with E-state index in [1.54, 1.807) is 33.8 Å². The number of pyridine rings is 1. The Morgan fingerprint density at radius 2 is 1.94 bits per heavy atom. The maximum absolute atomic E-state index is 13.3. The molecular weight excluding hydrogens is 450 g/mol. The lowest BCUT2D eigenvalue weighted by molar-refractivity contribution is -0.150. The van der Waals surface area contributed by atoms with Crippen LogP contribution in [0.2, 0.25) is 0 Å². The number of carbonyl (C=O) groups excluding carboxylic acids is 5. The molecule has 1 unspecified atom stereocenters. The van der Waals surface area contributed by atoms with Crippen molar-refractivity contribution in [3.05, 3.63) is 40.1 Å². The van der Waals surface area contributed by atoms with Crippen molar-refractivity contribution in [2.24, 2.45) is 0 Å². The van der Waals surface area contributed by atoms with Crippen LogP contribution in [0.4, 0.5) is 4.79 Å². The third kappa shape index (κ3) is 4.63. The third-order valence-electron chi connectivity index (χ3n) is 4.87. The van der Waals surface area contributed by atoms with E-state index in [1.807, 2.05) is 0 Å². The van der Waals surface area contributed by atoms with Gasteiger partial charge in [0.15, 0.2) is 5.54 Å². The average Bonchev–Trinajstić information content (AvgIpc) is 3.11. The number of esters is 1. The predicted molar refractivity (Wildman–Crippen MR) is 119 cm³/mol. The number of nitrogens with zero attached hydrogens (tertiary/aromatic N) is 1. The fraction of sp³-hybridized carbons (Fsp3) is 0.455. The first-order chi connectivity index (χ1) is 15.4. The minimum Gasteiger partial charge on any atom is -0.464 e. The zero-order chi connectivity index (χ0) is 24.6. The molecule has 3 rings (SSSR count). The van der Waals surface area contributed by atoms with Gasteiger partial charge in [-0.2, -0.15) is 0 Å². The number of hydrogen-bond donors (Lipinski definition) is 2. The molecule has 0 saturated carbocycles. The first-order valence-corrected chi connectivity index (χ1v) is 11.3. The van der Waals surface area contributed by atoms with Crippen molar-refractivity contribution in [3.63, 3.8) is 0 Å². The molecule has 2 heterocycles. The molecular formula is C22H25N3O7S. The van der Waals surface area contributed by atoms with Crippen molar-refractivity contribution in [2.45, 2.75) is 51.8 Å². The van der Waals surface area contributed by atoms with Crippen LogP contribution in [0.5, 0.6) is 0 Å². The summed E-state index contributed by atoms with van der Waals surface area (Å²) in [5.74, 6) is -2.83. The summed E-state index contributed by atoms with van der Waals surface area (Å²) in [5, 5.41) is 4.96. The first kappa shape index (κ1) is 24.4. The SMILES string of the molecule is CCOC(=O)C1(NC(=O)[C@H](C)NC(=O)OC(C)(C)C)CSC2=C1C(=O)c1ncccc1C2=O. The molecule has 11 heteroatoms. The van der Waals surface area contributed by atoms with E-state index in [4.69, 9.17) is 9.47 Å². The number of Topliss-reactive ketones (excluding diaryl/α,β-unsaturated/α-hetero) is 2. The molecule has 2 aliphatic rings. The quantitative estimate of drug-likeness (QED) is 0.610. The lowest BCUT2D eigenvalue weighted by atomic mass is 9.81. The summed E-state index contributed by atoms with van der Waals surface area (Å²) in [4.78, 5) is 68.5. The smallest absolute Gasteiger partial charge is 0.408 e. The van der Waals surface area contributed by atoms with E-state index in [9.17, 15) is 24.0 Å². The van der Waals surface area contributed by atoms with Gasteiger partial charge in [0.1, 0.15) is 17.3 Å². The van der Waals surface area contributed by atoms with Gasteiger partial charge in [-0.15, -0.1) is 11.8 Å². The van der Waals surface area contributed by atoms with Gasteiger partial charge >= 0.3 is 12.1 Å². The molecule has 0 fully saturated rings. The second-order valence-corrected chi connectivity index (χ2v) is 9.52. The number of ether oxygens (including phenoxy) is 2. The third-order valence-corrected chi connectivity index (χ3v) is 6.13. The summed E-state index contributed by atoms with van der Waals surface area (Å²) in [7, 11) is 0. The van der Waals surface area contributed by atoms with E-state index < -0.39 is 46.7 Å². The number of carbonyl (C=O) groups is 5. The summed E-state index contributed by atoms with van der Waals surface area (Å²) in [6, 6.07) is 1.92. The van der Waals surface area contributed by atoms with Crippen LogP contribution in [0.25, 0.3) is 0 Å². The maximum Gasteiger partial charge on any atom is 0.408 e. The van der Waals surface area contributed by atoms with Crippen LogP contribution in [0, 0.1) is 0 Å². The zero-order valence-corrected chi connectivity index (χ0v) is 19.8. The lowest BCUT2D eigenvalue weighted by Gasteiger charge is -2.32. The second-order valence-electron chi connectivity index (χ2n) is 8.53. The van der Waals surface area contributed by atoms with Gasteiger partial charge in [0.2, 0.25) is 17.5 Å². The molecule has 2 atom stereocenters. The minimum absolute atomic E-state index is 0.00752. The molecule has 1 aromatic heterocycles. The Hall–Kier alpha value is -3.21. The molecule has 0 bridgehead atoms. The Bertz CT molecular complexity index is 1080. The molecule has 0 saturated heterocycles. The minimum atomic E-state index is -1.90. The van der Waals surface area contributed by atoms with Crippen LogP contribution in [0.1, 0.15) is 55.5 Å². The lowest BCUT2D eigenvalue weighted by Crippen LogP contribution is -2.62. The van der Waals surface area contributed by atoms with Crippen molar-refractivity contribution < 1.29 is 33.4 Å². The molecule has 0 radical (unpaired) electrons. The Morgan fingerprint density at radius 1 is 1.24 bits per heavy atom. The number of rotatable bonds is 5. The van der Waals surface area contributed by atoms with Gasteiger partial charge in [0, 0.05) is 11.9 Å². The molecule has 10 nitrogen and oxygen atoms in total. The van der Waals surface area contributed by atoms with Gasteiger partial charge in [0.25, 0.3) is 0 Å². The van der Waals surface area contributed by atoms with E-state index in [1.165, 1.54) is 19.2 Å². The fourth-order valence-electron chi connectivity index (χ4n) is 3.44. The first-order valence-electron chi connectivity index (χ1n) is 10.3. The Morgan fingerprint density at radius 3 is 2.58 bits per heavy atom. The molecule has 1 aliphatic heterocycles. The van der Waals surface area contributed by atoms with Crippen LogP contribution < -0.4 is 10.6 Å². The highest BCUT2D eigenvalue weighted by Gasteiger charge is 2.57. The van der Waals surface area contributed by atoms with Crippen LogP contribution in [-0.4, -0.2) is 64.1 Å². The van der Waals surface area contributed by atoms with E-state index in [2.05, 4.69) is 15.6 Å². The number of aromatic nitrogens is 1. The van der Waals surface area contributed by atoms with Crippen LogP contribution in [0.3, 0.4) is 0 Å². The van der Waals surface area contributed by atoms with Crippen molar-refractivity contribution in [1.82, 2.24) is 15.6 Å². The molecule has 0 spiro atoms.